The van der Waals surface area contributed by atoms with E-state index in [4.69, 9.17) is 24.7 Å². The van der Waals surface area contributed by atoms with Gasteiger partial charge < -0.3 is 24.7 Å². The Hall–Kier alpha value is 0.0169. The number of hydrogen-bond donors (Lipinski definition) is 2. The van der Waals surface area contributed by atoms with Crippen molar-refractivity contribution in [2.45, 2.75) is 52.1 Å². The summed E-state index contributed by atoms with van der Waals surface area (Å²) in [6, 6.07) is 1.01. The van der Waals surface area contributed by atoms with E-state index in [1.807, 2.05) is 20.8 Å². The van der Waals surface area contributed by atoms with Crippen molar-refractivity contribution in [3.8, 4) is 0 Å². The predicted molar refractivity (Wildman–Crippen MR) is 76.3 cm³/mol. The zero-order valence-corrected chi connectivity index (χ0v) is 13.1. The monoisotopic (exact) mass is 278 g/mol. The molecule has 0 aromatic heterocycles. The van der Waals surface area contributed by atoms with Crippen molar-refractivity contribution in [2.75, 3.05) is 26.4 Å². The van der Waals surface area contributed by atoms with Crippen LogP contribution in [0.2, 0.25) is 6.04 Å². The summed E-state index contributed by atoms with van der Waals surface area (Å²) in [5.74, 6) is 0. The molecular formula is C12H30N2O3Si. The van der Waals surface area contributed by atoms with Gasteiger partial charge in [-0.1, -0.05) is 0 Å². The molecule has 0 saturated heterocycles. The number of rotatable bonds is 12. The Morgan fingerprint density at radius 2 is 1.44 bits per heavy atom. The third-order valence-electron chi connectivity index (χ3n) is 2.69. The highest BCUT2D eigenvalue weighted by Gasteiger charge is 2.39. The molecule has 18 heavy (non-hydrogen) atoms. The van der Waals surface area contributed by atoms with Gasteiger partial charge in [-0.15, -0.1) is 0 Å². The van der Waals surface area contributed by atoms with Crippen LogP contribution in [0, 0.1) is 0 Å². The average Bonchev–Trinajstić information content (AvgIpc) is 2.30. The van der Waals surface area contributed by atoms with Crippen LogP contribution in [0.1, 0.15) is 40.0 Å². The minimum Gasteiger partial charge on any atom is -0.374 e. The summed E-state index contributed by atoms with van der Waals surface area (Å²) in [7, 11) is -2.47. The van der Waals surface area contributed by atoms with Crippen molar-refractivity contribution in [3.63, 3.8) is 0 Å². The molecular weight excluding hydrogens is 248 g/mol. The van der Waals surface area contributed by atoms with Crippen molar-refractivity contribution < 1.29 is 13.3 Å². The Morgan fingerprint density at radius 3 is 1.83 bits per heavy atom. The molecule has 0 amide bonds. The van der Waals surface area contributed by atoms with E-state index in [-0.39, 0.29) is 6.04 Å². The second-order valence-electron chi connectivity index (χ2n) is 4.21. The second kappa shape index (κ2) is 10.9. The van der Waals surface area contributed by atoms with E-state index in [2.05, 4.69) is 0 Å². The first kappa shape index (κ1) is 18.0. The van der Waals surface area contributed by atoms with Crippen LogP contribution < -0.4 is 11.5 Å². The topological polar surface area (TPSA) is 79.7 Å². The quantitative estimate of drug-likeness (QED) is 0.529. The maximum Gasteiger partial charge on any atom is 0.500 e. The molecule has 0 spiro atoms. The molecule has 0 heterocycles. The van der Waals surface area contributed by atoms with Gasteiger partial charge in [0.2, 0.25) is 0 Å². The Kier molecular flexibility index (Phi) is 10.9. The van der Waals surface area contributed by atoms with E-state index in [0.29, 0.717) is 26.4 Å². The summed E-state index contributed by atoms with van der Waals surface area (Å²) in [5.41, 5.74) is 11.4. The summed E-state index contributed by atoms with van der Waals surface area (Å²) < 4.78 is 17.3. The van der Waals surface area contributed by atoms with Crippen LogP contribution in [0.3, 0.4) is 0 Å². The van der Waals surface area contributed by atoms with Gasteiger partial charge in [0.15, 0.2) is 0 Å². The van der Waals surface area contributed by atoms with Crippen LogP contribution in [0.5, 0.6) is 0 Å². The zero-order valence-electron chi connectivity index (χ0n) is 12.1. The van der Waals surface area contributed by atoms with Gasteiger partial charge in [-0.25, -0.2) is 0 Å². The van der Waals surface area contributed by atoms with Gasteiger partial charge in [0, 0.05) is 31.9 Å². The van der Waals surface area contributed by atoms with Crippen LogP contribution in [0.4, 0.5) is 0 Å². The summed E-state index contributed by atoms with van der Waals surface area (Å²) in [5, 5.41) is 0. The molecule has 0 fully saturated rings. The first-order valence-corrected chi connectivity index (χ1v) is 8.94. The highest BCUT2D eigenvalue weighted by molar-refractivity contribution is 6.60. The van der Waals surface area contributed by atoms with E-state index in [1.165, 1.54) is 0 Å². The largest absolute Gasteiger partial charge is 0.500 e. The average molecular weight is 278 g/mol. The summed E-state index contributed by atoms with van der Waals surface area (Å²) in [4.78, 5) is 0. The highest BCUT2D eigenvalue weighted by atomic mass is 28.4. The minimum atomic E-state index is -2.47. The van der Waals surface area contributed by atoms with Crippen LogP contribution in [-0.2, 0) is 13.3 Å². The second-order valence-corrected chi connectivity index (χ2v) is 6.94. The SMILES string of the molecule is CCO[Si](CCCC(N)CCN)(OCC)OCC. The zero-order chi connectivity index (χ0) is 13.9. The smallest absolute Gasteiger partial charge is 0.374 e. The Bertz CT molecular complexity index is 179. The van der Waals surface area contributed by atoms with Crippen LogP contribution in [-0.4, -0.2) is 41.2 Å². The molecule has 0 aromatic carbocycles. The minimum absolute atomic E-state index is 0.173. The van der Waals surface area contributed by atoms with Crippen molar-refractivity contribution in [1.82, 2.24) is 0 Å². The number of nitrogens with two attached hydrogens (primary N) is 2. The van der Waals surface area contributed by atoms with Gasteiger partial charge in [-0.2, -0.15) is 0 Å². The van der Waals surface area contributed by atoms with E-state index >= 15 is 0 Å². The van der Waals surface area contributed by atoms with Gasteiger partial charge in [0.25, 0.3) is 0 Å². The Balaban J connectivity index is 4.20. The first-order chi connectivity index (χ1) is 8.64. The highest BCUT2D eigenvalue weighted by Crippen LogP contribution is 2.20. The summed E-state index contributed by atoms with van der Waals surface area (Å²) in [6.07, 6.45) is 2.78. The molecule has 6 heteroatoms. The van der Waals surface area contributed by atoms with Crippen molar-refractivity contribution in [2.24, 2.45) is 11.5 Å². The predicted octanol–water partition coefficient (Wildman–Crippen LogP) is 1.49. The van der Waals surface area contributed by atoms with Crippen LogP contribution in [0.15, 0.2) is 0 Å². The molecule has 4 N–H and O–H groups in total. The van der Waals surface area contributed by atoms with Gasteiger partial charge in [0.05, 0.1) is 0 Å². The Morgan fingerprint density at radius 1 is 0.944 bits per heavy atom. The molecule has 5 nitrogen and oxygen atoms in total. The molecule has 1 unspecified atom stereocenters. The van der Waals surface area contributed by atoms with Crippen molar-refractivity contribution in [3.05, 3.63) is 0 Å². The molecule has 0 radical (unpaired) electrons. The van der Waals surface area contributed by atoms with E-state index in [9.17, 15) is 0 Å². The van der Waals surface area contributed by atoms with Crippen LogP contribution in [0.25, 0.3) is 0 Å². The number of hydrogen-bond acceptors (Lipinski definition) is 5. The van der Waals surface area contributed by atoms with E-state index in [1.54, 1.807) is 0 Å². The summed E-state index contributed by atoms with van der Waals surface area (Å²) >= 11 is 0. The maximum absolute atomic E-state index is 5.95. The van der Waals surface area contributed by atoms with Crippen LogP contribution >= 0.6 is 0 Å². The molecule has 110 valence electrons. The molecule has 0 aliphatic rings. The lowest BCUT2D eigenvalue weighted by Gasteiger charge is -2.28. The molecule has 1 atom stereocenters. The lowest BCUT2D eigenvalue weighted by molar-refractivity contribution is 0.0705. The maximum atomic E-state index is 5.95. The van der Waals surface area contributed by atoms with Gasteiger partial charge in [-0.3, -0.25) is 0 Å². The lowest BCUT2D eigenvalue weighted by atomic mass is 10.1. The van der Waals surface area contributed by atoms with E-state index < -0.39 is 8.80 Å². The van der Waals surface area contributed by atoms with E-state index in [0.717, 1.165) is 25.3 Å². The van der Waals surface area contributed by atoms with Gasteiger partial charge in [0.1, 0.15) is 0 Å². The molecule has 0 aliphatic heterocycles. The van der Waals surface area contributed by atoms with Gasteiger partial charge >= 0.3 is 8.80 Å². The van der Waals surface area contributed by atoms with Crippen molar-refractivity contribution >= 4 is 8.80 Å². The third kappa shape index (κ3) is 7.45. The molecule has 0 rings (SSSR count). The van der Waals surface area contributed by atoms with Gasteiger partial charge in [-0.05, 0) is 46.6 Å². The standard InChI is InChI=1S/C12H30N2O3Si/c1-4-15-18(16-5-2,17-6-3)11-7-8-12(14)9-10-13/h12H,4-11,13-14H2,1-3H3. The van der Waals surface area contributed by atoms with Crippen molar-refractivity contribution in [1.29, 1.82) is 0 Å². The molecule has 0 aliphatic carbocycles. The fourth-order valence-corrected chi connectivity index (χ4v) is 4.58. The molecule has 0 bridgehead atoms. The summed E-state index contributed by atoms with van der Waals surface area (Å²) in [6.45, 7) is 8.44. The third-order valence-corrected chi connectivity index (χ3v) is 5.84. The fourth-order valence-electron chi connectivity index (χ4n) is 1.94. The lowest BCUT2D eigenvalue weighted by Crippen LogP contribution is -2.46. The molecule has 0 aromatic rings. The molecule has 0 saturated carbocycles. The fraction of sp³-hybridized carbons (Fsp3) is 1.00. The first-order valence-electron chi connectivity index (χ1n) is 7.01. The Labute approximate surface area is 113 Å². The normalized spacial score (nSPS) is 13.8.